The fourth-order valence-corrected chi connectivity index (χ4v) is 5.70. The number of alkyl carbamates (subject to hydrolysis) is 1. The topological polar surface area (TPSA) is 140 Å². The molecule has 0 radical (unpaired) electrons. The van der Waals surface area contributed by atoms with E-state index in [1.807, 2.05) is 37.3 Å². The number of benzene rings is 1. The van der Waals surface area contributed by atoms with Crippen molar-refractivity contribution in [3.05, 3.63) is 65.1 Å². The Morgan fingerprint density at radius 1 is 1.07 bits per heavy atom. The number of piperidine rings is 1. The molecule has 1 unspecified atom stereocenters. The molecule has 0 bridgehead atoms. The maximum absolute atomic E-state index is 13.1. The molecular weight excluding hydrogens is 586 g/mol. The number of aryl methyl sites for hydroxylation is 2. The number of carbonyl (C=O) groups excluding carboxylic acids is 2. The molecule has 1 fully saturated rings. The van der Waals surface area contributed by atoms with Gasteiger partial charge in [-0.1, -0.05) is 36.4 Å². The number of methoxy groups -OCH3 is 1. The van der Waals surface area contributed by atoms with Crippen LogP contribution in [0.2, 0.25) is 0 Å². The number of pyridine rings is 1. The minimum absolute atomic E-state index is 0.0122. The minimum atomic E-state index is -1.06. The molecule has 246 valence electrons. The van der Waals surface area contributed by atoms with E-state index in [0.717, 1.165) is 62.4 Å². The Kier molecular flexibility index (Phi) is 10.4. The first-order chi connectivity index (χ1) is 22.1. The van der Waals surface area contributed by atoms with Crippen molar-refractivity contribution in [2.24, 2.45) is 0 Å². The molecule has 1 saturated heterocycles. The van der Waals surface area contributed by atoms with Crippen LogP contribution < -0.4 is 25.6 Å². The van der Waals surface area contributed by atoms with Gasteiger partial charge in [-0.2, -0.15) is 0 Å². The smallest absolute Gasteiger partial charge is 0.408 e. The Morgan fingerprint density at radius 2 is 1.83 bits per heavy atom. The highest BCUT2D eigenvalue weighted by Gasteiger charge is 2.30. The first-order valence-corrected chi connectivity index (χ1v) is 15.9. The molecule has 12 nitrogen and oxygen atoms in total. The number of ether oxygens (including phenoxy) is 3. The van der Waals surface area contributed by atoms with E-state index < -0.39 is 23.7 Å². The van der Waals surface area contributed by atoms with Gasteiger partial charge in [0.05, 0.1) is 7.11 Å². The average molecular weight is 632 g/mol. The zero-order valence-electron chi connectivity index (χ0n) is 27.4. The van der Waals surface area contributed by atoms with Gasteiger partial charge in [-0.25, -0.2) is 24.5 Å². The Hall–Kier alpha value is -4.61. The molecule has 1 aromatic carbocycles. The van der Waals surface area contributed by atoms with Gasteiger partial charge in [-0.15, -0.1) is 0 Å². The summed E-state index contributed by atoms with van der Waals surface area (Å²) in [7, 11) is 1.57. The summed E-state index contributed by atoms with van der Waals surface area (Å²) in [4.78, 5) is 42.3. The summed E-state index contributed by atoms with van der Waals surface area (Å²) in [6, 6.07) is 12.7. The van der Waals surface area contributed by atoms with Gasteiger partial charge in [0.15, 0.2) is 11.6 Å². The van der Waals surface area contributed by atoms with Crippen molar-refractivity contribution in [2.75, 3.05) is 48.8 Å². The second kappa shape index (κ2) is 14.7. The van der Waals surface area contributed by atoms with Gasteiger partial charge in [-0.05, 0) is 70.6 Å². The number of hydrogen-bond donors (Lipinski definition) is 3. The number of anilines is 3. The van der Waals surface area contributed by atoms with Crippen molar-refractivity contribution in [3.63, 3.8) is 0 Å². The number of amides is 1. The SMILES string of the molecule is COc1c(NCC(NC(=O)OCc2ccccc2)C(=O)OC(C)(C)C)nc(C)nc1N1CCC(c2ccc3c(n2)NCCC3)CC1. The third kappa shape index (κ3) is 8.55. The van der Waals surface area contributed by atoms with Crippen LogP contribution >= 0.6 is 0 Å². The van der Waals surface area contributed by atoms with Crippen LogP contribution in [0.4, 0.5) is 22.2 Å². The first-order valence-electron chi connectivity index (χ1n) is 15.9. The van der Waals surface area contributed by atoms with Crippen LogP contribution in [-0.4, -0.2) is 71.9 Å². The molecule has 2 aliphatic rings. The molecule has 0 spiro atoms. The zero-order chi connectivity index (χ0) is 32.7. The second-order valence-corrected chi connectivity index (χ2v) is 12.7. The number of rotatable bonds is 10. The van der Waals surface area contributed by atoms with Crippen molar-refractivity contribution in [1.29, 1.82) is 0 Å². The summed E-state index contributed by atoms with van der Waals surface area (Å²) < 4.78 is 16.8. The van der Waals surface area contributed by atoms with Gasteiger partial charge in [0.25, 0.3) is 0 Å². The average Bonchev–Trinajstić information content (AvgIpc) is 3.05. The molecule has 3 aromatic rings. The standard InChI is InChI=1S/C34H45N7O5/c1-22-37-30(36-20-27(32(42)46-34(2,3)4)40-33(43)45-21-23-10-7-6-8-11-23)28(44-5)31(38-22)41-18-15-24(16-19-41)26-14-13-25-12-9-17-35-29(25)39-26/h6-8,10-11,13-14,24,27H,9,12,15-21H2,1-5H3,(H,35,39)(H,40,43)(H,36,37,38). The van der Waals surface area contributed by atoms with Gasteiger partial charge in [-0.3, -0.25) is 0 Å². The quantitative estimate of drug-likeness (QED) is 0.261. The Labute approximate surface area is 270 Å². The van der Waals surface area contributed by atoms with Crippen LogP contribution in [0.3, 0.4) is 0 Å². The number of esters is 1. The minimum Gasteiger partial charge on any atom is -0.490 e. The van der Waals surface area contributed by atoms with Gasteiger partial charge >= 0.3 is 12.1 Å². The first kappa shape index (κ1) is 32.8. The number of aromatic nitrogens is 3. The summed E-state index contributed by atoms with van der Waals surface area (Å²) in [5.74, 6) is 2.90. The molecule has 0 saturated carbocycles. The normalized spacial score (nSPS) is 15.6. The monoisotopic (exact) mass is 631 g/mol. The Bertz CT molecular complexity index is 1500. The van der Waals surface area contributed by atoms with Crippen molar-refractivity contribution in [3.8, 4) is 5.75 Å². The van der Waals surface area contributed by atoms with Crippen molar-refractivity contribution in [2.45, 2.75) is 77.5 Å². The molecular formula is C34H45N7O5. The van der Waals surface area contributed by atoms with E-state index in [4.69, 9.17) is 24.2 Å². The van der Waals surface area contributed by atoms with E-state index in [-0.39, 0.29) is 13.2 Å². The summed E-state index contributed by atoms with van der Waals surface area (Å²) in [5, 5.41) is 9.29. The maximum Gasteiger partial charge on any atom is 0.408 e. The van der Waals surface area contributed by atoms with Crippen LogP contribution in [0, 0.1) is 6.92 Å². The fraction of sp³-hybridized carbons (Fsp3) is 0.500. The van der Waals surface area contributed by atoms with Crippen molar-refractivity contribution < 1.29 is 23.8 Å². The van der Waals surface area contributed by atoms with E-state index in [2.05, 4.69) is 38.0 Å². The molecule has 4 heterocycles. The molecule has 1 amide bonds. The molecule has 46 heavy (non-hydrogen) atoms. The molecule has 2 aromatic heterocycles. The van der Waals surface area contributed by atoms with E-state index in [1.54, 1.807) is 27.9 Å². The van der Waals surface area contributed by atoms with E-state index >= 15 is 0 Å². The van der Waals surface area contributed by atoms with Crippen LogP contribution in [0.5, 0.6) is 5.75 Å². The Morgan fingerprint density at radius 3 is 2.54 bits per heavy atom. The second-order valence-electron chi connectivity index (χ2n) is 12.7. The molecule has 3 N–H and O–H groups in total. The van der Waals surface area contributed by atoms with Gasteiger partial charge in [0.1, 0.15) is 29.9 Å². The van der Waals surface area contributed by atoms with Crippen LogP contribution in [-0.2, 0) is 27.3 Å². The molecule has 12 heteroatoms. The zero-order valence-corrected chi connectivity index (χ0v) is 27.4. The highest BCUT2D eigenvalue weighted by molar-refractivity contribution is 5.82. The predicted octanol–water partition coefficient (Wildman–Crippen LogP) is 4.98. The van der Waals surface area contributed by atoms with Gasteiger partial charge < -0.3 is 35.1 Å². The third-order valence-corrected chi connectivity index (χ3v) is 7.96. The fourth-order valence-electron chi connectivity index (χ4n) is 5.70. The number of fused-ring (bicyclic) bond motifs is 1. The van der Waals surface area contributed by atoms with E-state index in [1.165, 1.54) is 5.56 Å². The highest BCUT2D eigenvalue weighted by atomic mass is 16.6. The van der Waals surface area contributed by atoms with E-state index in [0.29, 0.717) is 29.1 Å². The van der Waals surface area contributed by atoms with Gasteiger partial charge in [0.2, 0.25) is 5.75 Å². The highest BCUT2D eigenvalue weighted by Crippen LogP contribution is 2.37. The largest absolute Gasteiger partial charge is 0.490 e. The summed E-state index contributed by atoms with van der Waals surface area (Å²) in [6.07, 6.45) is 3.33. The lowest BCUT2D eigenvalue weighted by Gasteiger charge is -2.34. The lowest BCUT2D eigenvalue weighted by molar-refractivity contribution is -0.156. The van der Waals surface area contributed by atoms with Gasteiger partial charge in [0, 0.05) is 37.8 Å². The summed E-state index contributed by atoms with van der Waals surface area (Å²) >= 11 is 0. The number of carbonyl (C=O) groups is 2. The van der Waals surface area contributed by atoms with E-state index in [9.17, 15) is 9.59 Å². The maximum atomic E-state index is 13.1. The molecule has 2 aliphatic heterocycles. The lowest BCUT2D eigenvalue weighted by atomic mass is 9.92. The summed E-state index contributed by atoms with van der Waals surface area (Å²) in [5.41, 5.74) is 2.50. The molecule has 5 rings (SSSR count). The van der Waals surface area contributed by atoms with Crippen LogP contribution in [0.15, 0.2) is 42.5 Å². The number of nitrogens with one attached hydrogen (secondary N) is 3. The summed E-state index contributed by atoms with van der Waals surface area (Å²) in [6.45, 7) is 9.71. The lowest BCUT2D eigenvalue weighted by Crippen LogP contribution is -2.48. The number of hydrogen-bond acceptors (Lipinski definition) is 11. The molecule has 1 atom stereocenters. The van der Waals surface area contributed by atoms with Crippen molar-refractivity contribution >= 4 is 29.5 Å². The predicted molar refractivity (Wildman–Crippen MR) is 176 cm³/mol. The number of nitrogens with zero attached hydrogens (tertiary/aromatic N) is 4. The molecule has 0 aliphatic carbocycles. The Balaban J connectivity index is 1.26. The van der Waals surface area contributed by atoms with Crippen LogP contribution in [0.1, 0.15) is 68.6 Å². The third-order valence-electron chi connectivity index (χ3n) is 7.96. The van der Waals surface area contributed by atoms with Crippen molar-refractivity contribution in [1.82, 2.24) is 20.3 Å². The van der Waals surface area contributed by atoms with Crippen LogP contribution in [0.25, 0.3) is 0 Å².